The standard InChI is InChI=1S/C30H41N3O4/c1-24-12-9-10-18-33(24)30-28(29(31-37-30)26-15-7-4-8-16-26)21-32(17-11-19-35-2)20-27(34)23-36-22-25-13-5-3-6-14-25/h3-8,13-16,24,27,34H,9-12,17-23H2,1-2H3/t24-,27+/m0/s1. The van der Waals surface area contributed by atoms with Crippen LogP contribution in [0.3, 0.4) is 0 Å². The van der Waals surface area contributed by atoms with Crippen LogP contribution in [0.5, 0.6) is 0 Å². The summed E-state index contributed by atoms with van der Waals surface area (Å²) in [6.07, 6.45) is 3.81. The first-order valence-electron chi connectivity index (χ1n) is 13.5. The molecule has 1 aromatic heterocycles. The van der Waals surface area contributed by atoms with Gasteiger partial charge in [0, 0.05) is 51.5 Å². The van der Waals surface area contributed by atoms with Gasteiger partial charge in [-0.15, -0.1) is 0 Å². The number of benzene rings is 2. The third kappa shape index (κ3) is 7.89. The molecule has 1 saturated heterocycles. The van der Waals surface area contributed by atoms with E-state index in [1.807, 2.05) is 48.5 Å². The average Bonchev–Trinajstić information content (AvgIpc) is 3.33. The number of rotatable bonds is 14. The predicted octanol–water partition coefficient (Wildman–Crippen LogP) is 5.14. The number of hydrogen-bond acceptors (Lipinski definition) is 7. The van der Waals surface area contributed by atoms with Crippen molar-refractivity contribution in [2.75, 3.05) is 44.9 Å². The molecule has 7 nitrogen and oxygen atoms in total. The first kappa shape index (κ1) is 27.3. The van der Waals surface area contributed by atoms with Crippen LogP contribution in [0.15, 0.2) is 65.2 Å². The second-order valence-corrected chi connectivity index (χ2v) is 9.96. The van der Waals surface area contributed by atoms with Crippen LogP contribution in [0.4, 0.5) is 5.88 Å². The van der Waals surface area contributed by atoms with Gasteiger partial charge in [-0.3, -0.25) is 4.90 Å². The van der Waals surface area contributed by atoms with E-state index < -0.39 is 6.10 Å². The lowest BCUT2D eigenvalue weighted by Crippen LogP contribution is -2.39. The van der Waals surface area contributed by atoms with Gasteiger partial charge in [-0.05, 0) is 38.2 Å². The molecule has 1 fully saturated rings. The molecule has 1 N–H and O–H groups in total. The molecule has 0 radical (unpaired) electrons. The van der Waals surface area contributed by atoms with Crippen LogP contribution in [-0.2, 0) is 22.6 Å². The highest BCUT2D eigenvalue weighted by molar-refractivity contribution is 5.68. The topological polar surface area (TPSA) is 71.2 Å². The Morgan fingerprint density at radius 3 is 2.59 bits per heavy atom. The molecular formula is C30H41N3O4. The minimum absolute atomic E-state index is 0.279. The minimum Gasteiger partial charge on any atom is -0.389 e. The molecule has 0 amide bonds. The van der Waals surface area contributed by atoms with Crippen molar-refractivity contribution in [3.63, 3.8) is 0 Å². The summed E-state index contributed by atoms with van der Waals surface area (Å²) in [6, 6.07) is 20.7. The molecule has 2 atom stereocenters. The van der Waals surface area contributed by atoms with Crippen molar-refractivity contribution in [2.45, 2.75) is 57.9 Å². The number of nitrogens with zero attached hydrogens (tertiary/aromatic N) is 3. The molecule has 3 aromatic rings. The van der Waals surface area contributed by atoms with Crippen LogP contribution in [0.25, 0.3) is 11.3 Å². The summed E-state index contributed by atoms with van der Waals surface area (Å²) >= 11 is 0. The summed E-state index contributed by atoms with van der Waals surface area (Å²) < 4.78 is 17.2. The van der Waals surface area contributed by atoms with Gasteiger partial charge in [-0.1, -0.05) is 65.8 Å². The SMILES string of the molecule is COCCCN(Cc1c(-c2ccccc2)noc1N1CCCC[C@@H]1C)C[C@@H](O)COCc1ccccc1. The fraction of sp³-hybridized carbons (Fsp3) is 0.500. The van der Waals surface area contributed by atoms with Crippen molar-refractivity contribution in [2.24, 2.45) is 0 Å². The maximum absolute atomic E-state index is 10.9. The first-order chi connectivity index (χ1) is 18.2. The summed E-state index contributed by atoms with van der Waals surface area (Å²) in [6.45, 7) is 6.58. The Bertz CT molecular complexity index is 1040. The van der Waals surface area contributed by atoms with Crippen LogP contribution in [0.2, 0.25) is 0 Å². The smallest absolute Gasteiger partial charge is 0.232 e. The third-order valence-electron chi connectivity index (χ3n) is 6.97. The summed E-state index contributed by atoms with van der Waals surface area (Å²) in [7, 11) is 1.72. The molecule has 0 spiro atoms. The van der Waals surface area contributed by atoms with E-state index in [9.17, 15) is 5.11 Å². The van der Waals surface area contributed by atoms with Crippen molar-refractivity contribution < 1.29 is 19.1 Å². The number of ether oxygens (including phenoxy) is 2. The van der Waals surface area contributed by atoms with Gasteiger partial charge in [-0.25, -0.2) is 0 Å². The quantitative estimate of drug-likeness (QED) is 0.303. The van der Waals surface area contributed by atoms with Crippen molar-refractivity contribution in [1.82, 2.24) is 10.1 Å². The van der Waals surface area contributed by atoms with E-state index in [1.54, 1.807) is 7.11 Å². The Morgan fingerprint density at radius 2 is 1.86 bits per heavy atom. The van der Waals surface area contributed by atoms with Gasteiger partial charge in [-0.2, -0.15) is 0 Å². The number of hydrogen-bond donors (Lipinski definition) is 1. The van der Waals surface area contributed by atoms with Crippen molar-refractivity contribution in [1.29, 1.82) is 0 Å². The first-order valence-corrected chi connectivity index (χ1v) is 13.5. The van der Waals surface area contributed by atoms with E-state index in [4.69, 9.17) is 14.0 Å². The van der Waals surface area contributed by atoms with E-state index in [-0.39, 0.29) is 6.61 Å². The number of aliphatic hydroxyl groups excluding tert-OH is 1. The van der Waals surface area contributed by atoms with Crippen molar-refractivity contribution >= 4 is 5.88 Å². The van der Waals surface area contributed by atoms with Crippen molar-refractivity contribution in [3.8, 4) is 11.3 Å². The van der Waals surface area contributed by atoms with Crippen LogP contribution >= 0.6 is 0 Å². The fourth-order valence-corrected chi connectivity index (χ4v) is 5.02. The van der Waals surface area contributed by atoms with Crippen LogP contribution in [0, 0.1) is 0 Å². The van der Waals surface area contributed by atoms with Gasteiger partial charge in [0.1, 0.15) is 5.69 Å². The van der Waals surface area contributed by atoms with E-state index in [0.29, 0.717) is 32.3 Å². The molecule has 0 unspecified atom stereocenters. The molecule has 4 rings (SSSR count). The van der Waals surface area contributed by atoms with Crippen LogP contribution in [0.1, 0.15) is 43.7 Å². The van der Waals surface area contributed by atoms with E-state index >= 15 is 0 Å². The molecule has 0 aliphatic carbocycles. The van der Waals surface area contributed by atoms with Gasteiger partial charge in [0.25, 0.3) is 0 Å². The predicted molar refractivity (Wildman–Crippen MR) is 146 cm³/mol. The molecule has 2 heterocycles. The van der Waals surface area contributed by atoms with Crippen LogP contribution in [-0.4, -0.2) is 67.3 Å². The second-order valence-electron chi connectivity index (χ2n) is 9.96. The largest absolute Gasteiger partial charge is 0.389 e. The molecule has 2 aromatic carbocycles. The summed E-state index contributed by atoms with van der Waals surface area (Å²) in [5, 5.41) is 15.4. The summed E-state index contributed by atoms with van der Waals surface area (Å²) in [5.41, 5.74) is 4.10. The lowest BCUT2D eigenvalue weighted by atomic mass is 10.0. The van der Waals surface area contributed by atoms with Gasteiger partial charge >= 0.3 is 0 Å². The minimum atomic E-state index is -0.608. The number of aliphatic hydroxyl groups is 1. The zero-order chi connectivity index (χ0) is 25.9. The zero-order valence-corrected chi connectivity index (χ0v) is 22.2. The number of aromatic nitrogens is 1. The van der Waals surface area contributed by atoms with E-state index in [0.717, 1.165) is 60.6 Å². The van der Waals surface area contributed by atoms with Crippen LogP contribution < -0.4 is 4.90 Å². The van der Waals surface area contributed by atoms with E-state index in [2.05, 4.69) is 34.0 Å². The number of anilines is 1. The number of piperidine rings is 1. The highest BCUT2D eigenvalue weighted by Gasteiger charge is 2.29. The molecule has 0 saturated carbocycles. The lowest BCUT2D eigenvalue weighted by molar-refractivity contribution is 0.00740. The van der Waals surface area contributed by atoms with Gasteiger partial charge < -0.3 is 24.0 Å². The molecule has 200 valence electrons. The molecule has 1 aliphatic rings. The molecule has 37 heavy (non-hydrogen) atoms. The van der Waals surface area contributed by atoms with Gasteiger partial charge in [0.15, 0.2) is 0 Å². The molecule has 7 heteroatoms. The molecule has 0 bridgehead atoms. The van der Waals surface area contributed by atoms with Gasteiger partial charge in [0.05, 0.1) is 24.9 Å². The molecule has 1 aliphatic heterocycles. The maximum Gasteiger partial charge on any atom is 0.232 e. The summed E-state index contributed by atoms with van der Waals surface area (Å²) in [5.74, 6) is 0.859. The monoisotopic (exact) mass is 507 g/mol. The number of methoxy groups -OCH3 is 1. The van der Waals surface area contributed by atoms with Gasteiger partial charge in [0.2, 0.25) is 5.88 Å². The maximum atomic E-state index is 10.9. The third-order valence-corrected chi connectivity index (χ3v) is 6.97. The zero-order valence-electron chi connectivity index (χ0n) is 22.2. The second kappa shape index (κ2) is 14.3. The summed E-state index contributed by atoms with van der Waals surface area (Å²) in [4.78, 5) is 4.64. The van der Waals surface area contributed by atoms with E-state index in [1.165, 1.54) is 6.42 Å². The van der Waals surface area contributed by atoms with Crippen molar-refractivity contribution in [3.05, 3.63) is 71.8 Å². The highest BCUT2D eigenvalue weighted by atomic mass is 16.5. The normalized spacial score (nSPS) is 16.9. The molecular weight excluding hydrogens is 466 g/mol. The Balaban J connectivity index is 1.51. The Hall–Kier alpha value is -2.71. The Kier molecular flexibility index (Phi) is 10.6. The Labute approximate surface area is 221 Å². The lowest BCUT2D eigenvalue weighted by Gasteiger charge is -2.34. The fourth-order valence-electron chi connectivity index (χ4n) is 5.02. The average molecular weight is 508 g/mol. The Morgan fingerprint density at radius 1 is 1.11 bits per heavy atom. The highest BCUT2D eigenvalue weighted by Crippen LogP contribution is 2.35.